The van der Waals surface area contributed by atoms with Crippen LogP contribution in [0.15, 0.2) is 18.2 Å². The third-order valence-corrected chi connectivity index (χ3v) is 1.96. The number of H-pyrrole nitrogens is 1. The Kier molecular flexibility index (Phi) is 2.54. The molecule has 0 bridgehead atoms. The molecule has 0 atom stereocenters. The van der Waals surface area contributed by atoms with Gasteiger partial charge in [-0.05, 0) is 11.6 Å². The summed E-state index contributed by atoms with van der Waals surface area (Å²) in [5.74, 6) is -0.473. The Morgan fingerprint density at radius 1 is 1.50 bits per heavy atom. The Hall–Kier alpha value is -2.38. The minimum atomic E-state index is -0.869. The van der Waals surface area contributed by atoms with Crippen LogP contribution in [0.25, 0.3) is 0 Å². The molecule has 0 aliphatic heterocycles. The number of aromatic amines is 1. The second-order valence-electron chi connectivity index (χ2n) is 3.05. The molecule has 0 amide bonds. The van der Waals surface area contributed by atoms with Crippen LogP contribution in [0.1, 0.15) is 11.4 Å². The predicted octanol–water partition coefficient (Wildman–Crippen LogP) is 0.838. The van der Waals surface area contributed by atoms with Gasteiger partial charge >= 0.3 is 5.69 Å². The molecule has 0 spiro atoms. The van der Waals surface area contributed by atoms with Crippen LogP contribution in [-0.2, 0) is 6.42 Å². The molecule has 2 rings (SSSR count). The van der Waals surface area contributed by atoms with E-state index in [2.05, 4.69) is 20.6 Å². The molecule has 0 unspecified atom stereocenters. The molecule has 0 fully saturated rings. The maximum atomic E-state index is 13.2. The van der Waals surface area contributed by atoms with Crippen LogP contribution in [0.3, 0.4) is 0 Å². The number of rotatable bonds is 3. The minimum Gasteiger partial charge on any atom is -0.258 e. The maximum Gasteiger partial charge on any atom is 0.304 e. The van der Waals surface area contributed by atoms with E-state index in [1.165, 1.54) is 6.07 Å². The largest absolute Gasteiger partial charge is 0.304 e. The van der Waals surface area contributed by atoms with E-state index in [-0.39, 0.29) is 6.42 Å². The number of nitro groups is 1. The van der Waals surface area contributed by atoms with Crippen molar-refractivity contribution in [2.45, 2.75) is 6.42 Å². The zero-order valence-electron chi connectivity index (χ0n) is 7.92. The molecule has 8 heteroatoms. The topological polar surface area (TPSA) is 97.6 Å². The number of tetrazole rings is 1. The highest BCUT2D eigenvalue weighted by atomic mass is 19.1. The smallest absolute Gasteiger partial charge is 0.258 e. The van der Waals surface area contributed by atoms with Crippen molar-refractivity contribution < 1.29 is 9.31 Å². The summed E-state index contributed by atoms with van der Waals surface area (Å²) in [6.07, 6.45) is 0.269. The molecule has 7 nitrogen and oxygen atoms in total. The zero-order valence-corrected chi connectivity index (χ0v) is 7.92. The summed E-state index contributed by atoms with van der Waals surface area (Å²) in [4.78, 5) is 9.61. The molecular weight excluding hydrogens is 217 g/mol. The monoisotopic (exact) mass is 223 g/mol. The van der Waals surface area contributed by atoms with Gasteiger partial charge in [0.1, 0.15) is 0 Å². The lowest BCUT2D eigenvalue weighted by Gasteiger charge is -1.98. The summed E-state index contributed by atoms with van der Waals surface area (Å²) >= 11 is 0. The Morgan fingerprint density at radius 3 is 2.88 bits per heavy atom. The average Bonchev–Trinajstić information content (AvgIpc) is 2.70. The van der Waals surface area contributed by atoms with Crippen molar-refractivity contribution in [1.82, 2.24) is 20.6 Å². The van der Waals surface area contributed by atoms with Gasteiger partial charge in [0.05, 0.1) is 4.92 Å². The molecular formula is C8H6FN5O2. The molecule has 0 aliphatic carbocycles. The lowest BCUT2D eigenvalue weighted by molar-refractivity contribution is -0.387. The second-order valence-corrected chi connectivity index (χ2v) is 3.05. The van der Waals surface area contributed by atoms with E-state index in [1.54, 1.807) is 0 Å². The van der Waals surface area contributed by atoms with E-state index in [9.17, 15) is 14.5 Å². The Morgan fingerprint density at radius 2 is 2.31 bits per heavy atom. The molecule has 16 heavy (non-hydrogen) atoms. The fraction of sp³-hybridized carbons (Fsp3) is 0.125. The van der Waals surface area contributed by atoms with Gasteiger partial charge in [-0.15, -0.1) is 10.2 Å². The van der Waals surface area contributed by atoms with Gasteiger partial charge in [0, 0.05) is 12.5 Å². The molecule has 0 saturated heterocycles. The van der Waals surface area contributed by atoms with Crippen molar-refractivity contribution in [2.24, 2.45) is 0 Å². The number of nitrogens with one attached hydrogen (secondary N) is 1. The van der Waals surface area contributed by atoms with Gasteiger partial charge in [0.2, 0.25) is 5.82 Å². The highest BCUT2D eigenvalue weighted by Gasteiger charge is 2.14. The van der Waals surface area contributed by atoms with Gasteiger partial charge in [-0.2, -0.15) is 9.60 Å². The first-order valence-corrected chi connectivity index (χ1v) is 4.32. The van der Waals surface area contributed by atoms with E-state index >= 15 is 0 Å². The van der Waals surface area contributed by atoms with Crippen molar-refractivity contribution in [3.05, 3.63) is 45.5 Å². The Balaban J connectivity index is 2.24. The summed E-state index contributed by atoms with van der Waals surface area (Å²) in [6.45, 7) is 0. The van der Waals surface area contributed by atoms with Gasteiger partial charge in [0.25, 0.3) is 0 Å². The predicted molar refractivity (Wildman–Crippen MR) is 50.0 cm³/mol. The van der Waals surface area contributed by atoms with Crippen molar-refractivity contribution >= 4 is 5.69 Å². The van der Waals surface area contributed by atoms with E-state index in [0.717, 1.165) is 12.1 Å². The number of nitrogens with zero attached hydrogens (tertiary/aromatic N) is 4. The van der Waals surface area contributed by atoms with Crippen LogP contribution in [0.2, 0.25) is 0 Å². The molecule has 1 heterocycles. The number of hydrogen-bond acceptors (Lipinski definition) is 5. The van der Waals surface area contributed by atoms with Gasteiger partial charge in [-0.25, -0.2) is 0 Å². The van der Waals surface area contributed by atoms with Crippen molar-refractivity contribution in [2.75, 3.05) is 0 Å². The molecule has 82 valence electrons. The molecule has 1 N–H and O–H groups in total. The van der Waals surface area contributed by atoms with Crippen LogP contribution in [0.5, 0.6) is 0 Å². The first-order chi connectivity index (χ1) is 7.66. The lowest BCUT2D eigenvalue weighted by atomic mass is 10.1. The summed E-state index contributed by atoms with van der Waals surface area (Å²) < 4.78 is 13.2. The maximum absolute atomic E-state index is 13.2. The zero-order chi connectivity index (χ0) is 11.5. The molecule has 1 aromatic heterocycles. The fourth-order valence-electron chi connectivity index (χ4n) is 1.25. The van der Waals surface area contributed by atoms with Gasteiger partial charge in [0.15, 0.2) is 5.82 Å². The SMILES string of the molecule is O=[N+]([O-])c1ccc(Cc2nn[nH]n2)cc1F. The number of benzene rings is 1. The Bertz CT molecular complexity index is 513. The van der Waals surface area contributed by atoms with Crippen LogP contribution >= 0.6 is 0 Å². The number of hydrogen-bond donors (Lipinski definition) is 1. The van der Waals surface area contributed by atoms with E-state index < -0.39 is 16.4 Å². The van der Waals surface area contributed by atoms with Crippen LogP contribution in [-0.4, -0.2) is 25.5 Å². The highest BCUT2D eigenvalue weighted by Crippen LogP contribution is 2.18. The van der Waals surface area contributed by atoms with E-state index in [0.29, 0.717) is 11.4 Å². The summed E-state index contributed by atoms with van der Waals surface area (Å²) in [6, 6.07) is 3.66. The summed E-state index contributed by atoms with van der Waals surface area (Å²) in [5, 5.41) is 23.4. The first kappa shape index (κ1) is 10.1. The standard InChI is InChI=1S/C8H6FN5O2/c9-6-3-5(1-2-7(6)14(15)16)4-8-10-12-13-11-8/h1-3H,4H2,(H,10,11,12,13). The van der Waals surface area contributed by atoms with Crippen molar-refractivity contribution in [3.63, 3.8) is 0 Å². The van der Waals surface area contributed by atoms with Gasteiger partial charge in [-0.3, -0.25) is 10.1 Å². The third-order valence-electron chi connectivity index (χ3n) is 1.96. The Labute approximate surface area is 88.4 Å². The minimum absolute atomic E-state index is 0.269. The molecule has 0 radical (unpaired) electrons. The normalized spacial score (nSPS) is 10.3. The third kappa shape index (κ3) is 2.00. The molecule has 0 aliphatic rings. The van der Waals surface area contributed by atoms with Crippen LogP contribution in [0, 0.1) is 15.9 Å². The number of nitro benzene ring substituents is 1. The lowest BCUT2D eigenvalue weighted by Crippen LogP contribution is -1.96. The second kappa shape index (κ2) is 4.01. The van der Waals surface area contributed by atoms with Gasteiger partial charge in [-0.1, -0.05) is 11.3 Å². The fourth-order valence-corrected chi connectivity index (χ4v) is 1.25. The van der Waals surface area contributed by atoms with Crippen molar-refractivity contribution in [3.8, 4) is 0 Å². The van der Waals surface area contributed by atoms with E-state index in [4.69, 9.17) is 0 Å². The number of aromatic nitrogens is 4. The molecule has 1 aromatic carbocycles. The first-order valence-electron chi connectivity index (χ1n) is 4.32. The van der Waals surface area contributed by atoms with E-state index in [1.807, 2.05) is 0 Å². The van der Waals surface area contributed by atoms with Crippen molar-refractivity contribution in [1.29, 1.82) is 0 Å². The quantitative estimate of drug-likeness (QED) is 0.614. The molecule has 0 saturated carbocycles. The van der Waals surface area contributed by atoms with Gasteiger partial charge < -0.3 is 0 Å². The highest BCUT2D eigenvalue weighted by molar-refractivity contribution is 5.35. The molecule has 2 aromatic rings. The van der Waals surface area contributed by atoms with Crippen LogP contribution in [0.4, 0.5) is 10.1 Å². The average molecular weight is 223 g/mol. The summed E-state index contributed by atoms with van der Waals surface area (Å²) in [7, 11) is 0. The van der Waals surface area contributed by atoms with Crippen LogP contribution < -0.4 is 0 Å². The summed E-state index contributed by atoms with van der Waals surface area (Å²) in [5.41, 5.74) is 0.00126. The number of halogens is 1.